The van der Waals surface area contributed by atoms with Gasteiger partial charge in [-0.2, -0.15) is 0 Å². The predicted molar refractivity (Wildman–Crippen MR) is 56.2 cm³/mol. The number of hydrogen-bond donors (Lipinski definition) is 0. The fourth-order valence-electron chi connectivity index (χ4n) is 2.00. The highest BCUT2D eigenvalue weighted by Crippen LogP contribution is 2.31. The van der Waals surface area contributed by atoms with Gasteiger partial charge in [-0.15, -0.1) is 0 Å². The monoisotopic (exact) mass is 268 g/mol. The van der Waals surface area contributed by atoms with E-state index in [0.29, 0.717) is 6.10 Å². The van der Waals surface area contributed by atoms with Crippen molar-refractivity contribution >= 4 is 22.6 Å². The summed E-state index contributed by atoms with van der Waals surface area (Å²) in [7, 11) is 1.84. The number of rotatable bonds is 2. The Morgan fingerprint density at radius 3 is 2.64 bits per heavy atom. The first kappa shape index (κ1) is 9.78. The molecule has 0 aliphatic heterocycles. The van der Waals surface area contributed by atoms with Crippen LogP contribution in [0.1, 0.15) is 26.2 Å². The van der Waals surface area contributed by atoms with Crippen molar-refractivity contribution in [3.05, 3.63) is 0 Å². The second-order valence-corrected chi connectivity index (χ2v) is 4.57. The first-order chi connectivity index (χ1) is 5.26. The molecule has 0 N–H and O–H groups in total. The quantitative estimate of drug-likeness (QED) is 0.552. The van der Waals surface area contributed by atoms with Gasteiger partial charge >= 0.3 is 0 Å². The number of halogens is 1. The van der Waals surface area contributed by atoms with Crippen LogP contribution in [-0.4, -0.2) is 17.6 Å². The van der Waals surface area contributed by atoms with Crippen molar-refractivity contribution in [3.63, 3.8) is 0 Å². The van der Waals surface area contributed by atoms with E-state index in [0.717, 1.165) is 11.8 Å². The van der Waals surface area contributed by atoms with Gasteiger partial charge in [-0.05, 0) is 31.1 Å². The lowest BCUT2D eigenvalue weighted by molar-refractivity contribution is 0.0369. The molecule has 0 aromatic heterocycles. The molecular formula is C9H17IO. The van der Waals surface area contributed by atoms with Gasteiger partial charge in [0.1, 0.15) is 0 Å². The molecule has 2 unspecified atom stereocenters. The van der Waals surface area contributed by atoms with E-state index in [-0.39, 0.29) is 0 Å². The molecule has 1 saturated carbocycles. The zero-order valence-corrected chi connectivity index (χ0v) is 9.50. The molecule has 3 atom stereocenters. The van der Waals surface area contributed by atoms with Crippen molar-refractivity contribution in [2.75, 3.05) is 11.5 Å². The van der Waals surface area contributed by atoms with Gasteiger partial charge in [0.05, 0.1) is 6.10 Å². The molecule has 0 aromatic carbocycles. The molecule has 0 heterocycles. The van der Waals surface area contributed by atoms with Crippen LogP contribution in [0.3, 0.4) is 0 Å². The zero-order chi connectivity index (χ0) is 8.27. The molecule has 0 bridgehead atoms. The first-order valence-corrected chi connectivity index (χ1v) is 5.87. The summed E-state index contributed by atoms with van der Waals surface area (Å²) in [6.07, 6.45) is 4.49. The summed E-state index contributed by atoms with van der Waals surface area (Å²) < 4.78 is 6.68. The standard InChI is InChI=1S/C9H17IO/c1-7-3-8(6-10)5-9(4-7)11-2/h7-9H,3-6H2,1-2H3/t7-,8?,9?/m0/s1. The zero-order valence-electron chi connectivity index (χ0n) is 7.35. The van der Waals surface area contributed by atoms with E-state index >= 15 is 0 Å². The number of alkyl halides is 1. The third-order valence-electron chi connectivity index (χ3n) is 2.55. The van der Waals surface area contributed by atoms with Gasteiger partial charge in [-0.1, -0.05) is 29.5 Å². The Morgan fingerprint density at radius 2 is 2.09 bits per heavy atom. The number of methoxy groups -OCH3 is 1. The van der Waals surface area contributed by atoms with Crippen molar-refractivity contribution in [2.45, 2.75) is 32.3 Å². The molecule has 66 valence electrons. The molecule has 1 fully saturated rings. The van der Waals surface area contributed by atoms with Crippen LogP contribution in [0.25, 0.3) is 0 Å². The molecule has 0 spiro atoms. The highest BCUT2D eigenvalue weighted by molar-refractivity contribution is 14.1. The Labute approximate surface area is 83.0 Å². The minimum Gasteiger partial charge on any atom is -0.381 e. The number of ether oxygens (including phenoxy) is 1. The predicted octanol–water partition coefficient (Wildman–Crippen LogP) is 2.87. The van der Waals surface area contributed by atoms with Gasteiger partial charge < -0.3 is 4.74 Å². The van der Waals surface area contributed by atoms with Gasteiger partial charge in [0, 0.05) is 11.5 Å². The lowest BCUT2D eigenvalue weighted by atomic mass is 9.82. The van der Waals surface area contributed by atoms with E-state index in [1.807, 2.05) is 7.11 Å². The summed E-state index contributed by atoms with van der Waals surface area (Å²) in [5.74, 6) is 1.78. The van der Waals surface area contributed by atoms with Crippen LogP contribution in [0.4, 0.5) is 0 Å². The highest BCUT2D eigenvalue weighted by Gasteiger charge is 2.25. The maximum Gasteiger partial charge on any atom is 0.0576 e. The van der Waals surface area contributed by atoms with Crippen molar-refractivity contribution in [1.82, 2.24) is 0 Å². The van der Waals surface area contributed by atoms with Gasteiger partial charge in [-0.25, -0.2) is 0 Å². The molecule has 1 aliphatic rings. The molecule has 11 heavy (non-hydrogen) atoms. The molecule has 1 aliphatic carbocycles. The lowest BCUT2D eigenvalue weighted by Gasteiger charge is -2.31. The maximum absolute atomic E-state index is 5.39. The van der Waals surface area contributed by atoms with Gasteiger partial charge in [0.15, 0.2) is 0 Å². The average Bonchev–Trinajstić information content (AvgIpc) is 2.03. The molecular weight excluding hydrogens is 251 g/mol. The average molecular weight is 268 g/mol. The van der Waals surface area contributed by atoms with Crippen molar-refractivity contribution < 1.29 is 4.74 Å². The van der Waals surface area contributed by atoms with E-state index in [2.05, 4.69) is 29.5 Å². The van der Waals surface area contributed by atoms with Crippen LogP contribution >= 0.6 is 22.6 Å². The van der Waals surface area contributed by atoms with Crippen molar-refractivity contribution in [3.8, 4) is 0 Å². The first-order valence-electron chi connectivity index (χ1n) is 4.35. The fraction of sp³-hybridized carbons (Fsp3) is 1.00. The van der Waals surface area contributed by atoms with E-state index < -0.39 is 0 Å². The Hall–Kier alpha value is 0.690. The normalized spacial score (nSPS) is 39.0. The largest absolute Gasteiger partial charge is 0.381 e. The highest BCUT2D eigenvalue weighted by atomic mass is 127. The maximum atomic E-state index is 5.39. The summed E-state index contributed by atoms with van der Waals surface area (Å²) in [5.41, 5.74) is 0. The minimum absolute atomic E-state index is 0.540. The van der Waals surface area contributed by atoms with Crippen LogP contribution in [0.2, 0.25) is 0 Å². The van der Waals surface area contributed by atoms with Crippen LogP contribution in [0.5, 0.6) is 0 Å². The molecule has 1 nitrogen and oxygen atoms in total. The van der Waals surface area contributed by atoms with Gasteiger partial charge in [-0.3, -0.25) is 0 Å². The topological polar surface area (TPSA) is 9.23 Å². The molecule has 1 rings (SSSR count). The fourth-order valence-corrected chi connectivity index (χ4v) is 2.72. The minimum atomic E-state index is 0.540. The second kappa shape index (κ2) is 4.65. The smallest absolute Gasteiger partial charge is 0.0576 e. The summed E-state index contributed by atoms with van der Waals surface area (Å²) in [4.78, 5) is 0. The molecule has 0 radical (unpaired) electrons. The Morgan fingerprint density at radius 1 is 1.36 bits per heavy atom. The SMILES string of the molecule is COC1CC(CI)C[C@H](C)C1. The van der Waals surface area contributed by atoms with Crippen LogP contribution in [-0.2, 0) is 4.74 Å². The van der Waals surface area contributed by atoms with Crippen LogP contribution in [0, 0.1) is 11.8 Å². The van der Waals surface area contributed by atoms with E-state index in [9.17, 15) is 0 Å². The van der Waals surface area contributed by atoms with Gasteiger partial charge in [0.25, 0.3) is 0 Å². The van der Waals surface area contributed by atoms with E-state index in [1.54, 1.807) is 0 Å². The Bertz CT molecular complexity index is 104. The Kier molecular flexibility index (Phi) is 4.13. The van der Waals surface area contributed by atoms with Crippen molar-refractivity contribution in [1.29, 1.82) is 0 Å². The Balaban J connectivity index is 2.37. The van der Waals surface area contributed by atoms with Gasteiger partial charge in [0.2, 0.25) is 0 Å². The van der Waals surface area contributed by atoms with E-state index in [4.69, 9.17) is 4.74 Å². The number of hydrogen-bond acceptors (Lipinski definition) is 1. The lowest BCUT2D eigenvalue weighted by Crippen LogP contribution is -2.27. The summed E-state index contributed by atoms with van der Waals surface area (Å²) >= 11 is 2.49. The third kappa shape index (κ3) is 2.90. The van der Waals surface area contributed by atoms with Crippen LogP contribution in [0.15, 0.2) is 0 Å². The summed E-state index contributed by atoms with van der Waals surface area (Å²) in [6, 6.07) is 0. The molecule has 0 amide bonds. The summed E-state index contributed by atoms with van der Waals surface area (Å²) in [5, 5.41) is 0. The second-order valence-electron chi connectivity index (χ2n) is 3.69. The third-order valence-corrected chi connectivity index (χ3v) is 3.79. The molecule has 0 saturated heterocycles. The molecule has 0 aromatic rings. The van der Waals surface area contributed by atoms with E-state index in [1.165, 1.54) is 23.7 Å². The van der Waals surface area contributed by atoms with Crippen molar-refractivity contribution in [2.24, 2.45) is 11.8 Å². The summed E-state index contributed by atoms with van der Waals surface area (Å²) in [6.45, 7) is 2.34. The molecule has 2 heteroatoms. The van der Waals surface area contributed by atoms with Crippen LogP contribution < -0.4 is 0 Å².